The van der Waals surface area contributed by atoms with Crippen LogP contribution in [0.1, 0.15) is 60.8 Å². The Bertz CT molecular complexity index is 431. The van der Waals surface area contributed by atoms with Gasteiger partial charge in [0.25, 0.3) is 0 Å². The number of rotatable bonds is 6. The Morgan fingerprint density at radius 1 is 1.36 bits per heavy atom. The third kappa shape index (κ3) is 3.45. The van der Waals surface area contributed by atoms with Crippen LogP contribution in [0.25, 0.3) is 0 Å². The molecule has 22 heavy (non-hydrogen) atoms. The lowest BCUT2D eigenvalue weighted by molar-refractivity contribution is -0.170. The molecular weight excluding hydrogens is 274 g/mol. The number of allylic oxidation sites excluding steroid dienone is 1. The zero-order valence-corrected chi connectivity index (χ0v) is 15.2. The van der Waals surface area contributed by atoms with Crippen molar-refractivity contribution < 1.29 is 9.53 Å². The van der Waals surface area contributed by atoms with Crippen LogP contribution < -0.4 is 0 Å². The molecule has 0 bridgehead atoms. The molecule has 1 aliphatic heterocycles. The highest BCUT2D eigenvalue weighted by Crippen LogP contribution is 2.46. The fourth-order valence-corrected chi connectivity index (χ4v) is 3.86. The minimum absolute atomic E-state index is 0.00191. The zero-order chi connectivity index (χ0) is 17.0. The summed E-state index contributed by atoms with van der Waals surface area (Å²) in [7, 11) is 0. The summed E-state index contributed by atoms with van der Waals surface area (Å²) in [5, 5.41) is 0. The van der Waals surface area contributed by atoms with Crippen LogP contribution in [0, 0.1) is 5.92 Å². The Hall–Kier alpha value is -1.09. The molecule has 0 radical (unpaired) electrons. The molecular formula is C19H33NO2. The molecule has 0 aliphatic carbocycles. The molecule has 3 heteroatoms. The second kappa shape index (κ2) is 7.45. The molecule has 0 N–H and O–H groups in total. The second-order valence-electron chi connectivity index (χ2n) is 6.93. The van der Waals surface area contributed by atoms with Crippen molar-refractivity contribution in [3.63, 3.8) is 0 Å². The largest absolute Gasteiger partial charge is 0.459 e. The van der Waals surface area contributed by atoms with Crippen molar-refractivity contribution in [1.82, 2.24) is 4.90 Å². The number of carbonyl (C=O) groups excluding carboxylic acids is 1. The smallest absolute Gasteiger partial charge is 0.330 e. The molecule has 126 valence electrons. The SMILES string of the molecule is C=CCN1C(C)(CC)CC(OC(=O)/C=C/C)C(C)C1(C)CC. The summed E-state index contributed by atoms with van der Waals surface area (Å²) in [6, 6.07) is 0. The van der Waals surface area contributed by atoms with Crippen LogP contribution in [0.15, 0.2) is 24.8 Å². The molecule has 0 spiro atoms. The van der Waals surface area contributed by atoms with Crippen molar-refractivity contribution in [2.45, 2.75) is 78.0 Å². The lowest BCUT2D eigenvalue weighted by atomic mass is 9.68. The van der Waals surface area contributed by atoms with E-state index >= 15 is 0 Å². The fourth-order valence-electron chi connectivity index (χ4n) is 3.86. The molecule has 1 saturated heterocycles. The van der Waals surface area contributed by atoms with E-state index in [1.165, 1.54) is 6.08 Å². The van der Waals surface area contributed by atoms with Gasteiger partial charge in [0, 0.05) is 36.0 Å². The quantitative estimate of drug-likeness (QED) is 0.415. The number of esters is 1. The summed E-state index contributed by atoms with van der Waals surface area (Å²) in [4.78, 5) is 14.5. The molecule has 1 heterocycles. The predicted molar refractivity (Wildman–Crippen MR) is 92.8 cm³/mol. The number of likely N-dealkylation sites (tertiary alicyclic amines) is 1. The molecule has 4 atom stereocenters. The van der Waals surface area contributed by atoms with Gasteiger partial charge in [-0.05, 0) is 33.6 Å². The van der Waals surface area contributed by atoms with Gasteiger partial charge in [-0.15, -0.1) is 6.58 Å². The van der Waals surface area contributed by atoms with Crippen molar-refractivity contribution in [3.8, 4) is 0 Å². The molecule has 1 aliphatic rings. The lowest BCUT2D eigenvalue weighted by Crippen LogP contribution is -2.68. The number of piperidine rings is 1. The maximum absolute atomic E-state index is 11.9. The topological polar surface area (TPSA) is 29.5 Å². The van der Waals surface area contributed by atoms with Crippen LogP contribution in [0.2, 0.25) is 0 Å². The van der Waals surface area contributed by atoms with Gasteiger partial charge in [-0.1, -0.05) is 32.9 Å². The Kier molecular flexibility index (Phi) is 6.42. The molecule has 1 fully saturated rings. The van der Waals surface area contributed by atoms with Crippen LogP contribution in [0.4, 0.5) is 0 Å². The van der Waals surface area contributed by atoms with Crippen molar-refractivity contribution in [2.24, 2.45) is 5.92 Å². The van der Waals surface area contributed by atoms with Gasteiger partial charge in [-0.25, -0.2) is 4.79 Å². The number of hydrogen-bond acceptors (Lipinski definition) is 3. The van der Waals surface area contributed by atoms with Crippen molar-refractivity contribution in [3.05, 3.63) is 24.8 Å². The van der Waals surface area contributed by atoms with Crippen LogP contribution >= 0.6 is 0 Å². The van der Waals surface area contributed by atoms with E-state index < -0.39 is 0 Å². The van der Waals surface area contributed by atoms with E-state index in [2.05, 4.69) is 46.1 Å². The first-order chi connectivity index (χ1) is 10.3. The van der Waals surface area contributed by atoms with Gasteiger partial charge in [-0.2, -0.15) is 0 Å². The van der Waals surface area contributed by atoms with Crippen molar-refractivity contribution in [1.29, 1.82) is 0 Å². The fraction of sp³-hybridized carbons (Fsp3) is 0.737. The minimum Gasteiger partial charge on any atom is -0.459 e. The highest BCUT2D eigenvalue weighted by Gasteiger charge is 2.53. The highest BCUT2D eigenvalue weighted by atomic mass is 16.5. The van der Waals surface area contributed by atoms with Crippen molar-refractivity contribution in [2.75, 3.05) is 6.54 Å². The summed E-state index contributed by atoms with van der Waals surface area (Å²) >= 11 is 0. The van der Waals surface area contributed by atoms with E-state index in [0.29, 0.717) is 0 Å². The van der Waals surface area contributed by atoms with Crippen LogP contribution in [-0.4, -0.2) is 34.6 Å². The molecule has 3 nitrogen and oxygen atoms in total. The van der Waals surface area contributed by atoms with E-state index in [9.17, 15) is 4.79 Å². The van der Waals surface area contributed by atoms with Gasteiger partial charge < -0.3 is 4.74 Å². The number of carbonyl (C=O) groups is 1. The average molecular weight is 307 g/mol. The van der Waals surface area contributed by atoms with Crippen LogP contribution in [-0.2, 0) is 9.53 Å². The molecule has 0 aromatic carbocycles. The van der Waals surface area contributed by atoms with Gasteiger partial charge in [0.15, 0.2) is 0 Å². The molecule has 0 amide bonds. The first-order valence-corrected chi connectivity index (χ1v) is 8.51. The van der Waals surface area contributed by atoms with Gasteiger partial charge in [-0.3, -0.25) is 4.90 Å². The first kappa shape index (κ1) is 19.0. The van der Waals surface area contributed by atoms with E-state index in [1.54, 1.807) is 6.08 Å². The number of ether oxygens (including phenoxy) is 1. The summed E-state index contributed by atoms with van der Waals surface area (Å²) in [5.41, 5.74) is 0.0183. The van der Waals surface area contributed by atoms with E-state index in [-0.39, 0.29) is 29.1 Å². The Morgan fingerprint density at radius 3 is 2.45 bits per heavy atom. The Morgan fingerprint density at radius 2 is 2.00 bits per heavy atom. The number of hydrogen-bond donors (Lipinski definition) is 0. The highest BCUT2D eigenvalue weighted by molar-refractivity contribution is 5.82. The Balaban J connectivity index is 3.16. The molecule has 1 rings (SSSR count). The van der Waals surface area contributed by atoms with E-state index in [1.807, 2.05) is 13.0 Å². The monoisotopic (exact) mass is 307 g/mol. The average Bonchev–Trinajstić information content (AvgIpc) is 2.49. The van der Waals surface area contributed by atoms with Gasteiger partial charge in [0.2, 0.25) is 0 Å². The van der Waals surface area contributed by atoms with Crippen LogP contribution in [0.5, 0.6) is 0 Å². The summed E-state index contributed by atoms with van der Waals surface area (Å²) in [6.07, 6.45) is 8.11. The normalized spacial score (nSPS) is 36.5. The second-order valence-corrected chi connectivity index (χ2v) is 6.93. The van der Waals surface area contributed by atoms with E-state index in [4.69, 9.17) is 4.74 Å². The molecule has 4 unspecified atom stereocenters. The summed E-state index contributed by atoms with van der Waals surface area (Å²) in [6.45, 7) is 17.9. The van der Waals surface area contributed by atoms with E-state index in [0.717, 1.165) is 25.8 Å². The molecule has 0 saturated carbocycles. The zero-order valence-electron chi connectivity index (χ0n) is 15.2. The third-order valence-electron chi connectivity index (χ3n) is 5.81. The predicted octanol–water partition coefficient (Wildman–Crippen LogP) is 4.34. The van der Waals surface area contributed by atoms with Gasteiger partial charge >= 0.3 is 5.97 Å². The van der Waals surface area contributed by atoms with Crippen molar-refractivity contribution >= 4 is 5.97 Å². The van der Waals surface area contributed by atoms with Crippen LogP contribution in [0.3, 0.4) is 0 Å². The number of nitrogens with zero attached hydrogens (tertiary/aromatic N) is 1. The first-order valence-electron chi connectivity index (χ1n) is 8.51. The minimum atomic E-state index is -0.228. The maximum atomic E-state index is 11.9. The maximum Gasteiger partial charge on any atom is 0.330 e. The van der Waals surface area contributed by atoms with Gasteiger partial charge in [0.1, 0.15) is 6.10 Å². The lowest BCUT2D eigenvalue weighted by Gasteiger charge is -2.60. The summed E-state index contributed by atoms with van der Waals surface area (Å²) < 4.78 is 5.79. The van der Waals surface area contributed by atoms with Gasteiger partial charge in [0.05, 0.1) is 0 Å². The Labute approximate surface area is 136 Å². The molecule has 0 aromatic rings. The third-order valence-corrected chi connectivity index (χ3v) is 5.81. The molecule has 0 aromatic heterocycles. The standard InChI is InChI=1S/C19H33NO2/c1-8-12-17(21)22-16-14-18(6,10-3)20(13-9-2)19(7,11-4)15(16)5/h8-9,12,15-16H,2,10-11,13-14H2,1,3-7H3/b12-8+. The summed E-state index contributed by atoms with van der Waals surface area (Å²) in [5.74, 6) is 0.0553.